The molecular weight excluding hydrogens is 274 g/mol. The number of thioether (sulfide) groups is 1. The molecule has 4 nitrogen and oxygen atoms in total. The van der Waals surface area contributed by atoms with E-state index in [2.05, 4.69) is 5.32 Å². The lowest BCUT2D eigenvalue weighted by molar-refractivity contribution is 0.0696. The fourth-order valence-electron chi connectivity index (χ4n) is 2.59. The van der Waals surface area contributed by atoms with Gasteiger partial charge in [-0.1, -0.05) is 18.2 Å². The quantitative estimate of drug-likeness (QED) is 0.886. The summed E-state index contributed by atoms with van der Waals surface area (Å²) >= 11 is 1.98. The molecule has 0 saturated carbocycles. The Labute approximate surface area is 121 Å². The van der Waals surface area contributed by atoms with Gasteiger partial charge in [-0.15, -0.1) is 0 Å². The van der Waals surface area contributed by atoms with Gasteiger partial charge in [-0.25, -0.2) is 4.79 Å². The summed E-state index contributed by atoms with van der Waals surface area (Å²) in [5.41, 5.74) is 0.923. The highest BCUT2D eigenvalue weighted by atomic mass is 32.2. The van der Waals surface area contributed by atoms with Crippen LogP contribution in [0, 0.1) is 5.92 Å². The Bertz CT molecular complexity index is 617. The van der Waals surface area contributed by atoms with Gasteiger partial charge in [0.05, 0.1) is 6.54 Å². The molecule has 0 spiro atoms. The number of carboxylic acid groups (broad SMARTS) is 1. The number of nitrogens with one attached hydrogen (secondary N) is 1. The summed E-state index contributed by atoms with van der Waals surface area (Å²) < 4.78 is 5.68. The van der Waals surface area contributed by atoms with Crippen LogP contribution in [0.5, 0.6) is 0 Å². The van der Waals surface area contributed by atoms with Gasteiger partial charge in [0.1, 0.15) is 16.9 Å². The summed E-state index contributed by atoms with van der Waals surface area (Å²) in [5, 5.41) is 13.4. The van der Waals surface area contributed by atoms with Gasteiger partial charge in [0.25, 0.3) is 0 Å². The van der Waals surface area contributed by atoms with Gasteiger partial charge in [-0.3, -0.25) is 0 Å². The van der Waals surface area contributed by atoms with Crippen LogP contribution in [0.15, 0.2) is 28.7 Å². The zero-order valence-electron chi connectivity index (χ0n) is 11.1. The van der Waals surface area contributed by atoms with Gasteiger partial charge in [-0.2, -0.15) is 11.8 Å². The summed E-state index contributed by atoms with van der Waals surface area (Å²) in [6.07, 6.45) is 1.24. The van der Waals surface area contributed by atoms with Crippen molar-refractivity contribution in [2.75, 3.05) is 18.1 Å². The van der Waals surface area contributed by atoms with Crippen LogP contribution >= 0.6 is 11.8 Å². The Morgan fingerprint density at radius 1 is 1.45 bits per heavy atom. The van der Waals surface area contributed by atoms with Gasteiger partial charge in [0.2, 0.25) is 0 Å². The number of carboxylic acids is 1. The minimum absolute atomic E-state index is 0.286. The largest absolute Gasteiger partial charge is 0.478 e. The van der Waals surface area contributed by atoms with Crippen molar-refractivity contribution < 1.29 is 14.3 Å². The second-order valence-corrected chi connectivity index (χ2v) is 6.21. The SMILES string of the molecule is O=C(O)c1c(CNCC2CCSC2)oc2ccccc12. The lowest BCUT2D eigenvalue weighted by atomic mass is 10.1. The molecule has 1 atom stereocenters. The van der Waals surface area contributed by atoms with E-state index in [-0.39, 0.29) is 5.56 Å². The van der Waals surface area contributed by atoms with Crippen LogP contribution in [0.2, 0.25) is 0 Å². The first kappa shape index (κ1) is 13.5. The van der Waals surface area contributed by atoms with Gasteiger partial charge >= 0.3 is 5.97 Å². The van der Waals surface area contributed by atoms with E-state index in [0.717, 1.165) is 6.54 Å². The molecule has 1 aliphatic heterocycles. The van der Waals surface area contributed by atoms with E-state index in [1.165, 1.54) is 17.9 Å². The van der Waals surface area contributed by atoms with Crippen LogP contribution in [0.25, 0.3) is 11.0 Å². The van der Waals surface area contributed by atoms with Crippen LogP contribution < -0.4 is 5.32 Å². The van der Waals surface area contributed by atoms with E-state index >= 15 is 0 Å². The molecule has 1 aromatic carbocycles. The number of hydrogen-bond acceptors (Lipinski definition) is 4. The predicted molar refractivity (Wildman–Crippen MR) is 80.3 cm³/mol. The molecule has 0 bridgehead atoms. The summed E-state index contributed by atoms with van der Waals surface area (Å²) in [7, 11) is 0. The average molecular weight is 291 g/mol. The molecule has 5 heteroatoms. The smallest absolute Gasteiger partial charge is 0.339 e. The summed E-state index contributed by atoms with van der Waals surface area (Å²) in [5.74, 6) is 2.71. The van der Waals surface area contributed by atoms with Crippen molar-refractivity contribution in [1.82, 2.24) is 5.32 Å². The number of benzene rings is 1. The molecule has 0 amide bonds. The van der Waals surface area contributed by atoms with Crippen molar-refractivity contribution in [2.24, 2.45) is 5.92 Å². The zero-order chi connectivity index (χ0) is 13.9. The maximum atomic E-state index is 11.4. The maximum absolute atomic E-state index is 11.4. The molecule has 106 valence electrons. The van der Waals surface area contributed by atoms with Crippen LogP contribution in [-0.2, 0) is 6.54 Å². The lowest BCUT2D eigenvalue weighted by Crippen LogP contribution is -2.22. The average Bonchev–Trinajstić information content (AvgIpc) is 3.05. The highest BCUT2D eigenvalue weighted by Gasteiger charge is 2.20. The van der Waals surface area contributed by atoms with Gasteiger partial charge in [-0.05, 0) is 36.5 Å². The zero-order valence-corrected chi connectivity index (χ0v) is 11.9. The molecule has 3 rings (SSSR count). The Kier molecular flexibility index (Phi) is 3.98. The van der Waals surface area contributed by atoms with Crippen molar-refractivity contribution in [1.29, 1.82) is 0 Å². The van der Waals surface area contributed by atoms with Crippen molar-refractivity contribution in [3.63, 3.8) is 0 Å². The van der Waals surface area contributed by atoms with E-state index < -0.39 is 5.97 Å². The monoisotopic (exact) mass is 291 g/mol. The molecule has 20 heavy (non-hydrogen) atoms. The molecular formula is C15H17NO3S. The van der Waals surface area contributed by atoms with Crippen LogP contribution in [0.1, 0.15) is 22.5 Å². The third-order valence-electron chi connectivity index (χ3n) is 3.62. The van der Waals surface area contributed by atoms with Gasteiger partial charge in [0, 0.05) is 5.39 Å². The highest BCUT2D eigenvalue weighted by molar-refractivity contribution is 7.99. The van der Waals surface area contributed by atoms with Crippen molar-refractivity contribution in [3.8, 4) is 0 Å². The Morgan fingerprint density at radius 2 is 2.30 bits per heavy atom. The molecule has 1 aromatic heterocycles. The maximum Gasteiger partial charge on any atom is 0.339 e. The second-order valence-electron chi connectivity index (χ2n) is 5.06. The second kappa shape index (κ2) is 5.89. The number of rotatable bonds is 5. The summed E-state index contributed by atoms with van der Waals surface area (Å²) in [6, 6.07) is 7.28. The van der Waals surface area contributed by atoms with Crippen LogP contribution in [0.4, 0.5) is 0 Å². The van der Waals surface area contributed by atoms with E-state index in [1.807, 2.05) is 23.9 Å². The molecule has 2 N–H and O–H groups in total. The van der Waals surface area contributed by atoms with Gasteiger partial charge < -0.3 is 14.8 Å². The van der Waals surface area contributed by atoms with Crippen molar-refractivity contribution in [2.45, 2.75) is 13.0 Å². The van der Waals surface area contributed by atoms with Crippen molar-refractivity contribution >= 4 is 28.7 Å². The topological polar surface area (TPSA) is 62.5 Å². The number of fused-ring (bicyclic) bond motifs is 1. The molecule has 2 aromatic rings. The number of furan rings is 1. The Hall–Kier alpha value is -1.46. The molecule has 0 radical (unpaired) electrons. The standard InChI is InChI=1S/C15H17NO3S/c17-15(18)14-11-3-1-2-4-12(11)19-13(14)8-16-7-10-5-6-20-9-10/h1-4,10,16H,5-9H2,(H,17,18). The van der Waals surface area contributed by atoms with Crippen LogP contribution in [0.3, 0.4) is 0 Å². The minimum Gasteiger partial charge on any atom is -0.478 e. The number of carbonyl (C=O) groups is 1. The fraction of sp³-hybridized carbons (Fsp3) is 0.400. The molecule has 0 aliphatic carbocycles. The summed E-state index contributed by atoms with van der Waals surface area (Å²) in [6.45, 7) is 1.39. The van der Waals surface area contributed by atoms with E-state index in [0.29, 0.717) is 29.2 Å². The molecule has 1 fully saturated rings. The van der Waals surface area contributed by atoms with Crippen molar-refractivity contribution in [3.05, 3.63) is 35.6 Å². The lowest BCUT2D eigenvalue weighted by Gasteiger charge is -2.08. The molecule has 2 heterocycles. The number of aromatic carboxylic acids is 1. The first-order chi connectivity index (χ1) is 9.75. The molecule has 1 unspecified atom stereocenters. The van der Waals surface area contributed by atoms with E-state index in [4.69, 9.17) is 4.42 Å². The highest BCUT2D eigenvalue weighted by Crippen LogP contribution is 2.26. The fourth-order valence-corrected chi connectivity index (χ4v) is 3.87. The van der Waals surface area contributed by atoms with Crippen LogP contribution in [-0.4, -0.2) is 29.1 Å². The Morgan fingerprint density at radius 3 is 3.05 bits per heavy atom. The third kappa shape index (κ3) is 2.69. The number of para-hydroxylation sites is 1. The normalized spacial score (nSPS) is 18.7. The summed E-state index contributed by atoms with van der Waals surface area (Å²) in [4.78, 5) is 11.4. The molecule has 1 aliphatic rings. The third-order valence-corrected chi connectivity index (χ3v) is 4.86. The van der Waals surface area contributed by atoms with E-state index in [1.54, 1.807) is 12.1 Å². The van der Waals surface area contributed by atoms with Gasteiger partial charge in [0.15, 0.2) is 0 Å². The predicted octanol–water partition coefficient (Wildman–Crippen LogP) is 2.97. The Balaban J connectivity index is 1.76. The first-order valence-electron chi connectivity index (χ1n) is 6.78. The molecule has 1 saturated heterocycles. The van der Waals surface area contributed by atoms with E-state index in [9.17, 15) is 9.90 Å². The number of hydrogen-bond donors (Lipinski definition) is 2. The first-order valence-corrected chi connectivity index (χ1v) is 7.93. The minimum atomic E-state index is -0.928.